The van der Waals surface area contributed by atoms with Gasteiger partial charge in [0, 0.05) is 37.7 Å². The van der Waals surface area contributed by atoms with E-state index in [0.29, 0.717) is 12.5 Å². The van der Waals surface area contributed by atoms with E-state index in [1.807, 2.05) is 6.92 Å². The topological polar surface area (TPSA) is 77.7 Å². The summed E-state index contributed by atoms with van der Waals surface area (Å²) in [4.78, 5) is 29.6. The number of rotatable bonds is 3. The molecule has 0 aromatic carbocycles. The van der Waals surface area contributed by atoms with E-state index in [0.717, 1.165) is 60.8 Å². The van der Waals surface area contributed by atoms with E-state index in [-0.39, 0.29) is 5.56 Å². The van der Waals surface area contributed by atoms with Gasteiger partial charge in [-0.1, -0.05) is 0 Å². The van der Waals surface area contributed by atoms with Crippen LogP contribution in [0.25, 0.3) is 0 Å². The molecule has 1 aliphatic heterocycles. The average Bonchev–Trinajstić information content (AvgIpc) is 3.25. The van der Waals surface area contributed by atoms with Crippen LogP contribution in [-0.4, -0.2) is 31.4 Å². The molecule has 6 nitrogen and oxygen atoms in total. The van der Waals surface area contributed by atoms with Gasteiger partial charge in [0.2, 0.25) is 0 Å². The van der Waals surface area contributed by atoms with Gasteiger partial charge < -0.3 is 9.97 Å². The largest absolute Gasteiger partial charge is 0.348 e. The fourth-order valence-electron chi connectivity index (χ4n) is 2.94. The lowest BCUT2D eigenvalue weighted by atomic mass is 10.1. The lowest BCUT2D eigenvalue weighted by Gasteiger charge is -2.27. The maximum Gasteiger partial charge on any atom is 0.255 e. The van der Waals surface area contributed by atoms with Crippen molar-refractivity contribution in [1.82, 2.24) is 24.8 Å². The first-order chi connectivity index (χ1) is 10.2. The van der Waals surface area contributed by atoms with Crippen LogP contribution in [0.4, 0.5) is 0 Å². The molecule has 6 heteroatoms. The van der Waals surface area contributed by atoms with Gasteiger partial charge in [0.05, 0.1) is 23.3 Å². The summed E-state index contributed by atoms with van der Waals surface area (Å²) < 4.78 is 0. The van der Waals surface area contributed by atoms with Gasteiger partial charge in [-0.2, -0.15) is 0 Å². The van der Waals surface area contributed by atoms with Crippen LogP contribution in [0, 0.1) is 6.92 Å². The second-order valence-electron chi connectivity index (χ2n) is 6.09. The molecule has 2 aliphatic rings. The molecule has 1 saturated carbocycles. The predicted molar refractivity (Wildman–Crippen MR) is 78.0 cm³/mol. The highest BCUT2D eigenvalue weighted by atomic mass is 16.1. The molecule has 0 atom stereocenters. The zero-order chi connectivity index (χ0) is 14.4. The third-order valence-electron chi connectivity index (χ3n) is 4.44. The summed E-state index contributed by atoms with van der Waals surface area (Å²) in [5.41, 5.74) is 4.02. The zero-order valence-corrected chi connectivity index (χ0v) is 12.1. The van der Waals surface area contributed by atoms with Crippen LogP contribution in [-0.2, 0) is 19.5 Å². The molecule has 4 rings (SSSR count). The Morgan fingerprint density at radius 3 is 3.00 bits per heavy atom. The van der Waals surface area contributed by atoms with E-state index in [1.165, 1.54) is 0 Å². The lowest BCUT2D eigenvalue weighted by Crippen LogP contribution is -2.36. The summed E-state index contributed by atoms with van der Waals surface area (Å²) in [6.45, 7) is 4.39. The van der Waals surface area contributed by atoms with Crippen LogP contribution in [0.1, 0.15) is 47.2 Å². The van der Waals surface area contributed by atoms with Gasteiger partial charge in [0.15, 0.2) is 0 Å². The molecule has 0 spiro atoms. The molecule has 2 aromatic heterocycles. The standard InChI is InChI=1S/C15H19N5O/c1-9-13(17-8-16-9)7-20-5-4-12-11(6-20)15(21)19-14(18-12)10-2-3-10/h8,10H,2-7H2,1H3,(H,16,17)(H,18,19,21). The van der Waals surface area contributed by atoms with Gasteiger partial charge in [-0.25, -0.2) is 9.97 Å². The summed E-state index contributed by atoms with van der Waals surface area (Å²) in [6.07, 6.45) is 4.89. The summed E-state index contributed by atoms with van der Waals surface area (Å²) in [6, 6.07) is 0. The third-order valence-corrected chi connectivity index (χ3v) is 4.44. The Bertz CT molecular complexity index is 728. The Morgan fingerprint density at radius 2 is 2.29 bits per heavy atom. The summed E-state index contributed by atoms with van der Waals surface area (Å²) in [5.74, 6) is 1.39. The number of imidazole rings is 1. The third kappa shape index (κ3) is 2.40. The number of H-pyrrole nitrogens is 2. The van der Waals surface area contributed by atoms with Gasteiger partial charge >= 0.3 is 0 Å². The Kier molecular flexibility index (Phi) is 2.92. The van der Waals surface area contributed by atoms with Crippen LogP contribution in [0.3, 0.4) is 0 Å². The smallest absolute Gasteiger partial charge is 0.255 e. The maximum absolute atomic E-state index is 12.3. The second kappa shape index (κ2) is 4.80. The molecule has 2 N–H and O–H groups in total. The predicted octanol–water partition coefficient (Wildman–Crippen LogP) is 1.24. The van der Waals surface area contributed by atoms with Crippen molar-refractivity contribution in [2.45, 2.75) is 45.2 Å². The van der Waals surface area contributed by atoms with Crippen molar-refractivity contribution in [1.29, 1.82) is 0 Å². The number of hydrogen-bond acceptors (Lipinski definition) is 4. The quantitative estimate of drug-likeness (QED) is 0.889. The molecule has 3 heterocycles. The highest BCUT2D eigenvalue weighted by Gasteiger charge is 2.29. The van der Waals surface area contributed by atoms with E-state index < -0.39 is 0 Å². The number of aromatic amines is 2. The average molecular weight is 285 g/mol. The fraction of sp³-hybridized carbons (Fsp3) is 0.533. The van der Waals surface area contributed by atoms with Crippen molar-refractivity contribution in [2.24, 2.45) is 0 Å². The van der Waals surface area contributed by atoms with Gasteiger partial charge in [-0.05, 0) is 19.8 Å². The number of nitrogens with zero attached hydrogens (tertiary/aromatic N) is 3. The van der Waals surface area contributed by atoms with Crippen molar-refractivity contribution >= 4 is 0 Å². The molecular formula is C15H19N5O. The highest BCUT2D eigenvalue weighted by molar-refractivity contribution is 5.23. The molecule has 0 bridgehead atoms. The van der Waals surface area contributed by atoms with Crippen molar-refractivity contribution in [2.75, 3.05) is 6.54 Å². The summed E-state index contributed by atoms with van der Waals surface area (Å²) in [5, 5.41) is 0. The molecule has 0 radical (unpaired) electrons. The molecule has 110 valence electrons. The van der Waals surface area contributed by atoms with Gasteiger partial charge in [-0.15, -0.1) is 0 Å². The van der Waals surface area contributed by atoms with Crippen molar-refractivity contribution < 1.29 is 0 Å². The van der Waals surface area contributed by atoms with E-state index in [1.54, 1.807) is 6.33 Å². The number of aryl methyl sites for hydroxylation is 1. The van der Waals surface area contributed by atoms with Crippen molar-refractivity contribution in [3.63, 3.8) is 0 Å². The van der Waals surface area contributed by atoms with Crippen LogP contribution in [0.5, 0.6) is 0 Å². The zero-order valence-electron chi connectivity index (χ0n) is 12.1. The maximum atomic E-state index is 12.3. The van der Waals surface area contributed by atoms with E-state index in [4.69, 9.17) is 0 Å². The first kappa shape index (κ1) is 12.8. The molecule has 1 aliphatic carbocycles. The lowest BCUT2D eigenvalue weighted by molar-refractivity contribution is 0.238. The molecule has 2 aromatic rings. The number of nitrogens with one attached hydrogen (secondary N) is 2. The highest BCUT2D eigenvalue weighted by Crippen LogP contribution is 2.37. The first-order valence-electron chi connectivity index (χ1n) is 7.54. The monoisotopic (exact) mass is 285 g/mol. The molecule has 1 fully saturated rings. The summed E-state index contributed by atoms with van der Waals surface area (Å²) in [7, 11) is 0. The molecule has 0 unspecified atom stereocenters. The Hall–Kier alpha value is -1.95. The van der Waals surface area contributed by atoms with Crippen molar-refractivity contribution in [3.8, 4) is 0 Å². The fourth-order valence-corrected chi connectivity index (χ4v) is 2.94. The minimum atomic E-state index is 0.0466. The first-order valence-corrected chi connectivity index (χ1v) is 7.54. The molecular weight excluding hydrogens is 266 g/mol. The minimum Gasteiger partial charge on any atom is -0.348 e. The number of fused-ring (bicyclic) bond motifs is 1. The Morgan fingerprint density at radius 1 is 1.43 bits per heavy atom. The van der Waals surface area contributed by atoms with E-state index in [9.17, 15) is 4.79 Å². The molecule has 21 heavy (non-hydrogen) atoms. The minimum absolute atomic E-state index is 0.0466. The van der Waals surface area contributed by atoms with Crippen molar-refractivity contribution in [3.05, 3.63) is 45.2 Å². The molecule has 0 amide bonds. The summed E-state index contributed by atoms with van der Waals surface area (Å²) >= 11 is 0. The van der Waals surface area contributed by atoms with Crippen LogP contribution < -0.4 is 5.56 Å². The SMILES string of the molecule is Cc1[nH]cnc1CN1CCc2nc(C3CC3)[nH]c(=O)c2C1. The second-order valence-corrected chi connectivity index (χ2v) is 6.09. The van der Waals surface area contributed by atoms with Crippen LogP contribution in [0.15, 0.2) is 11.1 Å². The van der Waals surface area contributed by atoms with Gasteiger partial charge in [-0.3, -0.25) is 9.69 Å². The number of aromatic nitrogens is 4. The Balaban J connectivity index is 1.57. The van der Waals surface area contributed by atoms with Gasteiger partial charge in [0.1, 0.15) is 5.82 Å². The van der Waals surface area contributed by atoms with E-state index in [2.05, 4.69) is 24.8 Å². The Labute approximate surface area is 122 Å². The van der Waals surface area contributed by atoms with Gasteiger partial charge in [0.25, 0.3) is 5.56 Å². The van der Waals surface area contributed by atoms with Crippen LogP contribution >= 0.6 is 0 Å². The van der Waals surface area contributed by atoms with E-state index >= 15 is 0 Å². The normalized spacial score (nSPS) is 18.7. The van der Waals surface area contributed by atoms with Crippen LogP contribution in [0.2, 0.25) is 0 Å². The number of hydrogen-bond donors (Lipinski definition) is 2. The molecule has 0 saturated heterocycles.